The lowest BCUT2D eigenvalue weighted by atomic mass is 9.83. The molecule has 0 heterocycles. The van der Waals surface area contributed by atoms with Crippen molar-refractivity contribution >= 4 is 29.4 Å². The predicted molar refractivity (Wildman–Crippen MR) is 117 cm³/mol. The molecule has 3 rings (SSSR count). The zero-order valence-electron chi connectivity index (χ0n) is 17.2. The highest BCUT2D eigenvalue weighted by molar-refractivity contribution is 5.87. The molecule has 0 aromatic heterocycles. The number of nitrogens with two attached hydrogens (primary N) is 2. The number of ether oxygens (including phenoxy) is 2. The van der Waals surface area contributed by atoms with Crippen LogP contribution in [-0.2, 0) is 20.9 Å². The molecule has 0 unspecified atom stereocenters. The Balaban J connectivity index is 1.47. The molecule has 0 radical (unpaired) electrons. The summed E-state index contributed by atoms with van der Waals surface area (Å²) in [7, 11) is 0. The third-order valence-corrected chi connectivity index (χ3v) is 5.40. The Labute approximate surface area is 176 Å². The van der Waals surface area contributed by atoms with E-state index in [2.05, 4.69) is 6.92 Å². The van der Waals surface area contributed by atoms with E-state index in [4.69, 9.17) is 20.9 Å². The van der Waals surface area contributed by atoms with Crippen molar-refractivity contribution in [2.24, 2.45) is 11.8 Å². The molecule has 0 bridgehead atoms. The third kappa shape index (κ3) is 6.11. The minimum atomic E-state index is -0.478. The summed E-state index contributed by atoms with van der Waals surface area (Å²) in [6, 6.07) is 12.1. The summed E-state index contributed by atoms with van der Waals surface area (Å²) in [5.74, 6) is 0.558. The minimum Gasteiger partial charge on any atom is -0.458 e. The summed E-state index contributed by atoms with van der Waals surface area (Å²) >= 11 is 0. The van der Waals surface area contributed by atoms with Crippen LogP contribution < -0.4 is 16.2 Å². The molecule has 6 heteroatoms. The Morgan fingerprint density at radius 3 is 2.40 bits per heavy atom. The Hall–Kier alpha value is -3.28. The van der Waals surface area contributed by atoms with Gasteiger partial charge in [0.25, 0.3) is 0 Å². The molecule has 2 aromatic carbocycles. The second-order valence-electron chi connectivity index (χ2n) is 7.85. The molecular formula is C24H28N2O4. The van der Waals surface area contributed by atoms with Crippen molar-refractivity contribution in [2.75, 3.05) is 11.5 Å². The van der Waals surface area contributed by atoms with Gasteiger partial charge in [-0.3, -0.25) is 4.79 Å². The fourth-order valence-electron chi connectivity index (χ4n) is 3.45. The molecule has 2 aromatic rings. The lowest BCUT2D eigenvalue weighted by Crippen LogP contribution is -2.24. The molecule has 0 amide bonds. The van der Waals surface area contributed by atoms with Gasteiger partial charge >= 0.3 is 11.9 Å². The van der Waals surface area contributed by atoms with Crippen LogP contribution in [0.25, 0.3) is 6.08 Å². The first kappa shape index (κ1) is 21.4. The van der Waals surface area contributed by atoms with Crippen molar-refractivity contribution in [3.63, 3.8) is 0 Å². The lowest BCUT2D eigenvalue weighted by Gasteiger charge is -2.24. The average Bonchev–Trinajstić information content (AvgIpc) is 2.73. The second kappa shape index (κ2) is 9.96. The van der Waals surface area contributed by atoms with E-state index in [-0.39, 0.29) is 18.5 Å². The first-order chi connectivity index (χ1) is 14.4. The van der Waals surface area contributed by atoms with E-state index >= 15 is 0 Å². The molecule has 1 saturated carbocycles. The monoisotopic (exact) mass is 408 g/mol. The number of hydrogen-bond acceptors (Lipinski definition) is 6. The fraction of sp³-hybridized carbons (Fsp3) is 0.333. The van der Waals surface area contributed by atoms with Crippen molar-refractivity contribution in [3.8, 4) is 5.75 Å². The topological polar surface area (TPSA) is 105 Å². The number of carbonyl (C=O) groups is 2. The summed E-state index contributed by atoms with van der Waals surface area (Å²) in [6.45, 7) is 2.29. The van der Waals surface area contributed by atoms with Crippen LogP contribution in [0.4, 0.5) is 11.4 Å². The maximum atomic E-state index is 12.3. The highest BCUT2D eigenvalue weighted by Crippen LogP contribution is 2.29. The number of nitrogen functional groups attached to an aromatic ring is 2. The molecule has 1 fully saturated rings. The first-order valence-corrected chi connectivity index (χ1v) is 10.2. The Bertz CT molecular complexity index is 913. The zero-order valence-corrected chi connectivity index (χ0v) is 17.2. The van der Waals surface area contributed by atoms with Crippen LogP contribution in [-0.4, -0.2) is 11.9 Å². The molecule has 30 heavy (non-hydrogen) atoms. The smallest absolute Gasteiger partial charge is 0.331 e. The third-order valence-electron chi connectivity index (χ3n) is 5.40. The molecule has 1 aliphatic rings. The number of anilines is 2. The molecule has 0 atom stereocenters. The summed E-state index contributed by atoms with van der Waals surface area (Å²) < 4.78 is 10.7. The molecule has 0 saturated heterocycles. The Morgan fingerprint density at radius 2 is 1.73 bits per heavy atom. The maximum Gasteiger partial charge on any atom is 0.331 e. The van der Waals surface area contributed by atoms with E-state index in [9.17, 15) is 9.59 Å². The van der Waals surface area contributed by atoms with Crippen LogP contribution in [0.2, 0.25) is 0 Å². The van der Waals surface area contributed by atoms with E-state index in [0.29, 0.717) is 28.6 Å². The number of rotatable bonds is 6. The van der Waals surface area contributed by atoms with Crippen molar-refractivity contribution in [1.29, 1.82) is 0 Å². The number of benzene rings is 2. The van der Waals surface area contributed by atoms with Gasteiger partial charge in [0.05, 0.1) is 5.92 Å². The Kier molecular flexibility index (Phi) is 7.12. The van der Waals surface area contributed by atoms with Gasteiger partial charge in [0, 0.05) is 23.0 Å². The highest BCUT2D eigenvalue weighted by atomic mass is 16.5. The number of esters is 2. The van der Waals surface area contributed by atoms with Gasteiger partial charge in [0.2, 0.25) is 0 Å². The summed E-state index contributed by atoms with van der Waals surface area (Å²) in [6.07, 6.45) is 6.92. The Morgan fingerprint density at radius 1 is 1.03 bits per heavy atom. The largest absolute Gasteiger partial charge is 0.458 e. The minimum absolute atomic E-state index is 0.00867. The summed E-state index contributed by atoms with van der Waals surface area (Å²) in [5, 5.41) is 0. The zero-order chi connectivity index (χ0) is 21.5. The van der Waals surface area contributed by atoms with Crippen molar-refractivity contribution in [1.82, 2.24) is 0 Å². The van der Waals surface area contributed by atoms with Crippen molar-refractivity contribution in [2.45, 2.75) is 39.2 Å². The van der Waals surface area contributed by atoms with E-state index in [1.165, 1.54) is 6.08 Å². The fourth-order valence-corrected chi connectivity index (χ4v) is 3.45. The van der Waals surface area contributed by atoms with Crippen LogP contribution in [0.1, 0.15) is 43.7 Å². The van der Waals surface area contributed by atoms with E-state index in [1.807, 2.05) is 0 Å². The molecule has 4 N–H and O–H groups in total. The normalized spacial score (nSPS) is 18.8. The average molecular weight is 408 g/mol. The van der Waals surface area contributed by atoms with Gasteiger partial charge < -0.3 is 20.9 Å². The van der Waals surface area contributed by atoms with Crippen molar-refractivity contribution < 1.29 is 19.1 Å². The van der Waals surface area contributed by atoms with Gasteiger partial charge in [-0.05, 0) is 67.5 Å². The van der Waals surface area contributed by atoms with E-state index < -0.39 is 5.97 Å². The SMILES string of the molecule is CC1CCC(C(=O)Oc2ccc(/C=C/C(=O)OCc3ccc(N)cc3N)cc2)CC1. The standard InChI is InChI=1S/C24H28N2O4/c1-16-2-7-18(8-3-16)24(28)30-21-11-4-17(5-12-21)6-13-23(27)29-15-19-9-10-20(25)14-22(19)26/h4-6,9-14,16,18H,2-3,7-8,15,25-26H2,1H3/b13-6+. The molecular weight excluding hydrogens is 380 g/mol. The van der Waals surface area contributed by atoms with Gasteiger partial charge in [-0.2, -0.15) is 0 Å². The second-order valence-corrected chi connectivity index (χ2v) is 7.85. The maximum absolute atomic E-state index is 12.3. The summed E-state index contributed by atoms with van der Waals surface area (Å²) in [5.41, 5.74) is 14.0. The number of hydrogen-bond donors (Lipinski definition) is 2. The number of carbonyl (C=O) groups excluding carboxylic acids is 2. The van der Waals surface area contributed by atoms with Crippen LogP contribution in [0.3, 0.4) is 0 Å². The molecule has 0 spiro atoms. The van der Waals surface area contributed by atoms with Gasteiger partial charge in [-0.1, -0.05) is 25.1 Å². The van der Waals surface area contributed by atoms with Crippen LogP contribution >= 0.6 is 0 Å². The van der Waals surface area contributed by atoms with Gasteiger partial charge in [-0.15, -0.1) is 0 Å². The molecule has 158 valence electrons. The molecule has 1 aliphatic carbocycles. The van der Waals surface area contributed by atoms with Gasteiger partial charge in [0.1, 0.15) is 12.4 Å². The van der Waals surface area contributed by atoms with E-state index in [0.717, 1.165) is 31.2 Å². The quantitative estimate of drug-likeness (QED) is 0.319. The van der Waals surface area contributed by atoms with Gasteiger partial charge in [0.15, 0.2) is 0 Å². The van der Waals surface area contributed by atoms with Crippen LogP contribution in [0.15, 0.2) is 48.5 Å². The van der Waals surface area contributed by atoms with Crippen molar-refractivity contribution in [3.05, 3.63) is 59.7 Å². The predicted octanol–water partition coefficient (Wildman–Crippen LogP) is 4.34. The van der Waals surface area contributed by atoms with Crippen LogP contribution in [0, 0.1) is 11.8 Å². The summed E-state index contributed by atoms with van der Waals surface area (Å²) in [4.78, 5) is 24.2. The van der Waals surface area contributed by atoms with Gasteiger partial charge in [-0.25, -0.2) is 4.79 Å². The molecule has 0 aliphatic heterocycles. The first-order valence-electron chi connectivity index (χ1n) is 10.2. The molecule has 6 nitrogen and oxygen atoms in total. The lowest BCUT2D eigenvalue weighted by molar-refractivity contribution is -0.140. The van der Waals surface area contributed by atoms with Crippen LogP contribution in [0.5, 0.6) is 5.75 Å². The van der Waals surface area contributed by atoms with E-state index in [1.54, 1.807) is 48.5 Å². The highest BCUT2D eigenvalue weighted by Gasteiger charge is 2.25.